The molecule has 0 atom stereocenters. The van der Waals surface area contributed by atoms with Crippen LogP contribution in [-0.2, 0) is 20.4 Å². The highest BCUT2D eigenvalue weighted by Gasteiger charge is 2.44. The minimum atomic E-state index is -0.164. The maximum atomic E-state index is 13.2. The van der Waals surface area contributed by atoms with Gasteiger partial charge >= 0.3 is 5.97 Å². The number of hydrogen-bond acceptors (Lipinski definition) is 4. The molecule has 5 aliphatic rings. The van der Waals surface area contributed by atoms with Gasteiger partial charge in [0.15, 0.2) is 5.71 Å². The molecular weight excluding hydrogens is 736 g/mol. The summed E-state index contributed by atoms with van der Waals surface area (Å²) in [4.78, 5) is 20.6. The van der Waals surface area contributed by atoms with Crippen LogP contribution in [0.15, 0.2) is 99.7 Å². The van der Waals surface area contributed by atoms with Crippen molar-refractivity contribution in [3.63, 3.8) is 0 Å². The molecular formula is C51H68ClN4O2+. The van der Waals surface area contributed by atoms with Crippen LogP contribution in [0.5, 0.6) is 0 Å². The second kappa shape index (κ2) is 19.0. The molecule has 6 nitrogen and oxygen atoms in total. The van der Waals surface area contributed by atoms with Crippen molar-refractivity contribution < 1.29 is 14.1 Å². The average molecular weight is 805 g/mol. The number of rotatable bonds is 12. The van der Waals surface area contributed by atoms with Gasteiger partial charge < -0.3 is 15.0 Å². The van der Waals surface area contributed by atoms with Crippen molar-refractivity contribution in [2.45, 2.75) is 167 Å². The van der Waals surface area contributed by atoms with E-state index in [1.807, 2.05) is 0 Å². The lowest BCUT2D eigenvalue weighted by Crippen LogP contribution is -2.39. The molecule has 2 aromatic rings. The van der Waals surface area contributed by atoms with Crippen LogP contribution < -0.4 is 10.2 Å². The summed E-state index contributed by atoms with van der Waals surface area (Å²) < 4.78 is 8.46. The highest BCUT2D eigenvalue weighted by molar-refractivity contribution is 6.32. The standard InChI is InChI=1S/C51H68ClN4O2/c1-6-55-43-29-17-15-27-41(43)50(2,3)45(55)34-32-37-21-20-22-38(48(37)52)33-35-46-51(4,5)42-28-16-18-30-44(42)56(46)36-19-9-14-31-47(57)58-49(53-39-23-10-7-11-24-39)54-40-25-12-8-13-26-40/h15-18,27-30,32-35,39-40H,6-14,19-26,31,36H2,1-5H3,(H,53,54)/q+1. The van der Waals surface area contributed by atoms with Gasteiger partial charge in [-0.2, -0.15) is 4.58 Å². The van der Waals surface area contributed by atoms with Crippen molar-refractivity contribution in [1.82, 2.24) is 5.32 Å². The van der Waals surface area contributed by atoms with E-state index < -0.39 is 0 Å². The number of allylic oxidation sites excluding steroid dienone is 8. The van der Waals surface area contributed by atoms with Gasteiger partial charge in [0.2, 0.25) is 5.69 Å². The number of ether oxygens (including phenoxy) is 1. The van der Waals surface area contributed by atoms with Crippen LogP contribution in [0.2, 0.25) is 0 Å². The number of hydrogen-bond donors (Lipinski definition) is 1. The van der Waals surface area contributed by atoms with Gasteiger partial charge in [-0.15, -0.1) is 0 Å². The molecule has 58 heavy (non-hydrogen) atoms. The Morgan fingerprint density at radius 1 is 0.845 bits per heavy atom. The second-order valence-corrected chi connectivity index (χ2v) is 18.7. The molecule has 310 valence electrons. The number of nitrogens with zero attached hydrogens (tertiary/aromatic N) is 3. The molecule has 0 spiro atoms. The Morgan fingerprint density at radius 3 is 2.31 bits per heavy atom. The smallest absolute Gasteiger partial charge is 0.313 e. The molecule has 0 saturated heterocycles. The molecule has 2 saturated carbocycles. The number of benzene rings is 2. The number of fused-ring (bicyclic) bond motifs is 2. The molecule has 7 rings (SSSR count). The summed E-state index contributed by atoms with van der Waals surface area (Å²) in [7, 11) is 0. The normalized spacial score (nSPS) is 22.7. The highest BCUT2D eigenvalue weighted by Crippen LogP contribution is 2.48. The van der Waals surface area contributed by atoms with Crippen molar-refractivity contribution in [2.24, 2.45) is 4.99 Å². The SMILES string of the molecule is CCN1/C(=C\C=C2/CCCC(/C=C/C3=[N+](CCCCCC(=O)OC(=NC4CCCCC4)NC4CCCCC4)c4ccccc4C3(C)C)=C2Cl)C(C)(C)c2ccccc21. The number of anilines is 1. The Kier molecular flexibility index (Phi) is 13.8. The van der Waals surface area contributed by atoms with Crippen LogP contribution in [0, 0.1) is 0 Å². The molecule has 3 aliphatic carbocycles. The predicted molar refractivity (Wildman–Crippen MR) is 243 cm³/mol. The molecule has 7 heteroatoms. The molecule has 2 heterocycles. The summed E-state index contributed by atoms with van der Waals surface area (Å²) in [5.74, 6) is -0.164. The van der Waals surface area contributed by atoms with E-state index in [9.17, 15) is 4.79 Å². The molecule has 2 aromatic carbocycles. The third-order valence-electron chi connectivity index (χ3n) is 13.5. The van der Waals surface area contributed by atoms with Gasteiger partial charge in [-0.25, -0.2) is 4.99 Å². The van der Waals surface area contributed by atoms with E-state index in [1.165, 1.54) is 83.6 Å². The number of likely N-dealkylation sites (N-methyl/N-ethyl adjacent to an activating group) is 1. The zero-order valence-electron chi connectivity index (χ0n) is 36.1. The van der Waals surface area contributed by atoms with Gasteiger partial charge in [0.05, 0.1) is 11.5 Å². The maximum Gasteiger partial charge on any atom is 0.313 e. The number of carbonyl (C=O) groups is 1. The summed E-state index contributed by atoms with van der Waals surface area (Å²) in [6.07, 6.45) is 27.3. The van der Waals surface area contributed by atoms with E-state index in [0.29, 0.717) is 18.5 Å². The third-order valence-corrected chi connectivity index (χ3v) is 14.0. The van der Waals surface area contributed by atoms with Gasteiger partial charge in [0, 0.05) is 65.0 Å². The molecule has 0 bridgehead atoms. The minimum absolute atomic E-state index is 0.0676. The van der Waals surface area contributed by atoms with E-state index in [4.69, 9.17) is 21.3 Å². The first-order valence-electron chi connectivity index (χ1n) is 22.7. The van der Waals surface area contributed by atoms with E-state index in [-0.39, 0.29) is 22.8 Å². The molecule has 0 amide bonds. The van der Waals surface area contributed by atoms with Gasteiger partial charge in [-0.1, -0.05) is 113 Å². The van der Waals surface area contributed by atoms with Crippen molar-refractivity contribution >= 4 is 40.7 Å². The van der Waals surface area contributed by atoms with Crippen LogP contribution >= 0.6 is 11.6 Å². The number of nitrogens with one attached hydrogen (secondary N) is 1. The first-order chi connectivity index (χ1) is 28.1. The molecule has 0 unspecified atom stereocenters. The topological polar surface area (TPSA) is 56.9 Å². The molecule has 2 fully saturated rings. The Balaban J connectivity index is 1.02. The fraction of sp³-hybridized carbons (Fsp3) is 0.549. The first kappa shape index (κ1) is 42.2. The summed E-state index contributed by atoms with van der Waals surface area (Å²) >= 11 is 7.26. The number of aliphatic imine (C=N–C) groups is 1. The summed E-state index contributed by atoms with van der Waals surface area (Å²) in [6, 6.07) is 18.7. The van der Waals surface area contributed by atoms with Crippen molar-refractivity contribution in [1.29, 1.82) is 0 Å². The Bertz CT molecular complexity index is 1990. The lowest BCUT2D eigenvalue weighted by atomic mass is 9.81. The number of halogens is 1. The van der Waals surface area contributed by atoms with E-state index in [0.717, 1.165) is 82.3 Å². The molecule has 0 radical (unpaired) electrons. The summed E-state index contributed by atoms with van der Waals surface area (Å²) in [5.41, 5.74) is 10.2. The van der Waals surface area contributed by atoms with Crippen molar-refractivity contribution in [3.05, 3.63) is 106 Å². The molecule has 1 N–H and O–H groups in total. The van der Waals surface area contributed by atoms with Crippen LogP contribution in [-0.4, -0.2) is 47.5 Å². The van der Waals surface area contributed by atoms with Crippen molar-refractivity contribution in [2.75, 3.05) is 18.0 Å². The van der Waals surface area contributed by atoms with Gasteiger partial charge in [-0.05, 0) is 107 Å². The monoisotopic (exact) mass is 804 g/mol. The lowest BCUT2D eigenvalue weighted by molar-refractivity contribution is -0.438. The van der Waals surface area contributed by atoms with Crippen molar-refractivity contribution in [3.8, 4) is 0 Å². The maximum absolute atomic E-state index is 13.2. The van der Waals surface area contributed by atoms with Gasteiger partial charge in [0.1, 0.15) is 6.54 Å². The fourth-order valence-corrected chi connectivity index (χ4v) is 10.5. The zero-order valence-corrected chi connectivity index (χ0v) is 36.8. The van der Waals surface area contributed by atoms with Crippen LogP contribution in [0.4, 0.5) is 11.4 Å². The second-order valence-electron chi connectivity index (χ2n) is 18.3. The highest BCUT2D eigenvalue weighted by atomic mass is 35.5. The van der Waals surface area contributed by atoms with Gasteiger partial charge in [-0.3, -0.25) is 4.79 Å². The lowest BCUT2D eigenvalue weighted by Gasteiger charge is -2.26. The number of unbranched alkanes of at least 4 members (excludes halogenated alkanes) is 2. The predicted octanol–water partition coefficient (Wildman–Crippen LogP) is 12.6. The number of carbonyl (C=O) groups excluding carboxylic acids is 1. The first-order valence-corrected chi connectivity index (χ1v) is 23.1. The summed E-state index contributed by atoms with van der Waals surface area (Å²) in [5, 5.41) is 4.43. The number of esters is 1. The zero-order chi connectivity index (χ0) is 40.7. The Morgan fingerprint density at radius 2 is 1.55 bits per heavy atom. The van der Waals surface area contributed by atoms with Gasteiger partial charge in [0.25, 0.3) is 6.02 Å². The van der Waals surface area contributed by atoms with Crippen LogP contribution in [0.25, 0.3) is 0 Å². The largest absolute Gasteiger partial charge is 0.393 e. The van der Waals surface area contributed by atoms with E-state index in [2.05, 4.69) is 122 Å². The van der Waals surface area contributed by atoms with Crippen LogP contribution in [0.1, 0.15) is 155 Å². The fourth-order valence-electron chi connectivity index (χ4n) is 10.2. The minimum Gasteiger partial charge on any atom is -0.393 e. The molecule has 0 aromatic heterocycles. The number of amidine groups is 1. The van der Waals surface area contributed by atoms with Crippen LogP contribution in [0.3, 0.4) is 0 Å². The third kappa shape index (κ3) is 9.43. The van der Waals surface area contributed by atoms with E-state index in [1.54, 1.807) is 0 Å². The number of para-hydroxylation sites is 2. The Labute approximate surface area is 354 Å². The summed E-state index contributed by atoms with van der Waals surface area (Å²) in [6.45, 7) is 13.4. The Hall–Kier alpha value is -3.90. The van der Waals surface area contributed by atoms with E-state index >= 15 is 0 Å². The quantitative estimate of drug-likeness (QED) is 0.0763. The average Bonchev–Trinajstić information content (AvgIpc) is 3.58. The molecule has 2 aliphatic heterocycles.